The van der Waals surface area contributed by atoms with Gasteiger partial charge in [-0.05, 0) is 18.2 Å². The fraction of sp³-hybridized carbons (Fsp3) is 0.250. The molecule has 2 rings (SSSR count). The third kappa shape index (κ3) is 3.04. The van der Waals surface area contributed by atoms with E-state index in [1.165, 1.54) is 12.1 Å². The number of aliphatic hydroxyl groups excluding tert-OH is 1. The van der Waals surface area contributed by atoms with Crippen molar-refractivity contribution in [2.24, 2.45) is 0 Å². The van der Waals surface area contributed by atoms with Gasteiger partial charge in [-0.25, -0.2) is 8.78 Å². The molecule has 4 nitrogen and oxygen atoms in total. The van der Waals surface area contributed by atoms with Crippen LogP contribution in [0.15, 0.2) is 36.7 Å². The van der Waals surface area contributed by atoms with Gasteiger partial charge in [0.2, 0.25) is 0 Å². The quantitative estimate of drug-likeness (QED) is 0.851. The Hall–Kier alpha value is -1.95. The smallest absolute Gasteiger partial charge is 0.181 e. The predicted octanol–water partition coefficient (Wildman–Crippen LogP) is 1.63. The minimum Gasteiger partial charge on any atom is -0.389 e. The van der Waals surface area contributed by atoms with E-state index in [0.717, 1.165) is 6.07 Å². The Morgan fingerprint density at radius 3 is 2.89 bits per heavy atom. The Balaban J connectivity index is 1.89. The molecule has 2 aromatic rings. The van der Waals surface area contributed by atoms with Crippen LogP contribution in [-0.2, 0) is 6.54 Å². The molecule has 1 atom stereocenters. The van der Waals surface area contributed by atoms with E-state index in [1.807, 2.05) is 0 Å². The van der Waals surface area contributed by atoms with Gasteiger partial charge in [0, 0.05) is 18.9 Å². The van der Waals surface area contributed by atoms with Crippen molar-refractivity contribution in [2.75, 3.05) is 11.9 Å². The summed E-state index contributed by atoms with van der Waals surface area (Å²) in [5.74, 6) is -1.86. The highest BCUT2D eigenvalue weighted by Crippen LogP contribution is 2.16. The molecule has 0 amide bonds. The van der Waals surface area contributed by atoms with Crippen LogP contribution in [0.2, 0.25) is 0 Å². The third-order valence-electron chi connectivity index (χ3n) is 2.44. The van der Waals surface area contributed by atoms with E-state index >= 15 is 0 Å². The molecule has 1 aromatic carbocycles. The molecule has 0 saturated carbocycles. The highest BCUT2D eigenvalue weighted by Gasteiger charge is 2.10. The lowest BCUT2D eigenvalue weighted by molar-refractivity contribution is 0.161. The van der Waals surface area contributed by atoms with Gasteiger partial charge >= 0.3 is 0 Å². The Kier molecular flexibility index (Phi) is 3.88. The van der Waals surface area contributed by atoms with Gasteiger partial charge < -0.3 is 10.4 Å². The summed E-state index contributed by atoms with van der Waals surface area (Å²) in [4.78, 5) is 0. The first kappa shape index (κ1) is 12.5. The van der Waals surface area contributed by atoms with E-state index in [4.69, 9.17) is 0 Å². The summed E-state index contributed by atoms with van der Waals surface area (Å²) < 4.78 is 27.8. The monoisotopic (exact) mass is 253 g/mol. The molecule has 1 aromatic heterocycles. The summed E-state index contributed by atoms with van der Waals surface area (Å²) in [5.41, 5.74) is 0.0366. The normalized spacial score (nSPS) is 12.4. The van der Waals surface area contributed by atoms with Crippen molar-refractivity contribution in [1.29, 1.82) is 0 Å². The first-order valence-corrected chi connectivity index (χ1v) is 5.50. The van der Waals surface area contributed by atoms with Crippen molar-refractivity contribution in [1.82, 2.24) is 9.78 Å². The fourth-order valence-corrected chi connectivity index (χ4v) is 1.56. The maximum absolute atomic E-state index is 13.3. The third-order valence-corrected chi connectivity index (χ3v) is 2.44. The maximum atomic E-state index is 13.3. The van der Waals surface area contributed by atoms with Crippen LogP contribution >= 0.6 is 0 Å². The minimum atomic E-state index is -0.941. The summed E-state index contributed by atoms with van der Waals surface area (Å²) in [5, 5.41) is 16.3. The number of aliphatic hydroxyl groups is 1. The number of hydrogen-bond donors (Lipinski definition) is 2. The van der Waals surface area contributed by atoms with E-state index in [-0.39, 0.29) is 18.8 Å². The average Bonchev–Trinajstić information content (AvgIpc) is 2.84. The topological polar surface area (TPSA) is 50.1 Å². The number of hydrogen-bond acceptors (Lipinski definition) is 3. The second-order valence-corrected chi connectivity index (χ2v) is 3.86. The molecular formula is C12H13F2N3O. The molecule has 0 radical (unpaired) electrons. The van der Waals surface area contributed by atoms with Crippen molar-refractivity contribution < 1.29 is 13.9 Å². The van der Waals surface area contributed by atoms with Gasteiger partial charge in [0.05, 0.1) is 18.3 Å². The van der Waals surface area contributed by atoms with Gasteiger partial charge in [0.1, 0.15) is 0 Å². The van der Waals surface area contributed by atoms with Gasteiger partial charge in [-0.1, -0.05) is 6.07 Å². The standard InChI is InChI=1S/C12H13F2N3O/c13-10-3-1-4-11(12(10)14)15-7-9(18)8-17-6-2-5-16-17/h1-6,9,15,18H,7-8H2. The first-order valence-electron chi connectivity index (χ1n) is 5.50. The Morgan fingerprint density at radius 2 is 2.17 bits per heavy atom. The number of nitrogens with one attached hydrogen (secondary N) is 1. The molecule has 6 heteroatoms. The zero-order valence-electron chi connectivity index (χ0n) is 9.55. The van der Waals surface area contributed by atoms with E-state index in [9.17, 15) is 13.9 Å². The number of aromatic nitrogens is 2. The average molecular weight is 253 g/mol. The van der Waals surface area contributed by atoms with Crippen LogP contribution < -0.4 is 5.32 Å². The number of benzene rings is 1. The van der Waals surface area contributed by atoms with Crippen LogP contribution in [0.5, 0.6) is 0 Å². The fourth-order valence-electron chi connectivity index (χ4n) is 1.56. The molecule has 0 saturated heterocycles. The summed E-state index contributed by atoms with van der Waals surface area (Å²) in [6.45, 7) is 0.400. The van der Waals surface area contributed by atoms with E-state index in [0.29, 0.717) is 0 Å². The van der Waals surface area contributed by atoms with Crippen molar-refractivity contribution in [3.05, 3.63) is 48.3 Å². The number of anilines is 1. The highest BCUT2D eigenvalue weighted by molar-refractivity contribution is 5.44. The second kappa shape index (κ2) is 5.59. The Morgan fingerprint density at radius 1 is 1.33 bits per heavy atom. The molecule has 96 valence electrons. The number of rotatable bonds is 5. The van der Waals surface area contributed by atoms with E-state index in [2.05, 4.69) is 10.4 Å². The molecule has 0 aliphatic heterocycles. The highest BCUT2D eigenvalue weighted by atomic mass is 19.2. The summed E-state index contributed by atoms with van der Waals surface area (Å²) >= 11 is 0. The zero-order chi connectivity index (χ0) is 13.0. The molecule has 0 aliphatic carbocycles. The van der Waals surface area contributed by atoms with Gasteiger partial charge in [-0.3, -0.25) is 4.68 Å². The van der Waals surface area contributed by atoms with Crippen LogP contribution in [0.1, 0.15) is 0 Å². The second-order valence-electron chi connectivity index (χ2n) is 3.86. The first-order chi connectivity index (χ1) is 8.66. The van der Waals surface area contributed by atoms with Gasteiger partial charge in [0.25, 0.3) is 0 Å². The lowest BCUT2D eigenvalue weighted by atomic mass is 10.2. The molecule has 1 unspecified atom stereocenters. The van der Waals surface area contributed by atoms with Crippen LogP contribution in [0.4, 0.5) is 14.5 Å². The molecule has 1 heterocycles. The summed E-state index contributed by atoms with van der Waals surface area (Å²) in [6, 6.07) is 5.60. The molecule has 18 heavy (non-hydrogen) atoms. The summed E-state index contributed by atoms with van der Waals surface area (Å²) in [7, 11) is 0. The lowest BCUT2D eigenvalue weighted by Gasteiger charge is -2.13. The van der Waals surface area contributed by atoms with Gasteiger partial charge in [0.15, 0.2) is 11.6 Å². The predicted molar refractivity (Wildman–Crippen MR) is 63.1 cm³/mol. The van der Waals surface area contributed by atoms with Crippen LogP contribution in [-0.4, -0.2) is 27.5 Å². The molecule has 2 N–H and O–H groups in total. The SMILES string of the molecule is OC(CNc1cccc(F)c1F)Cn1cccn1. The lowest BCUT2D eigenvalue weighted by Crippen LogP contribution is -2.25. The minimum absolute atomic E-state index is 0.0366. The van der Waals surface area contributed by atoms with Crippen LogP contribution in [0.3, 0.4) is 0 Å². The molecule has 0 spiro atoms. The molecule has 0 bridgehead atoms. The van der Waals surface area contributed by atoms with E-state index in [1.54, 1.807) is 23.1 Å². The van der Waals surface area contributed by atoms with Gasteiger partial charge in [-0.2, -0.15) is 5.10 Å². The van der Waals surface area contributed by atoms with Crippen LogP contribution in [0.25, 0.3) is 0 Å². The number of nitrogens with zero attached hydrogens (tertiary/aromatic N) is 2. The Labute approximate surface area is 103 Å². The summed E-state index contributed by atoms with van der Waals surface area (Å²) in [6.07, 6.45) is 2.57. The molecule has 0 fully saturated rings. The maximum Gasteiger partial charge on any atom is 0.181 e. The van der Waals surface area contributed by atoms with E-state index < -0.39 is 17.7 Å². The van der Waals surface area contributed by atoms with Crippen molar-refractivity contribution in [2.45, 2.75) is 12.6 Å². The van der Waals surface area contributed by atoms with Crippen LogP contribution in [0, 0.1) is 11.6 Å². The van der Waals surface area contributed by atoms with Crippen molar-refractivity contribution in [3.63, 3.8) is 0 Å². The zero-order valence-corrected chi connectivity index (χ0v) is 9.55. The Bertz CT molecular complexity index is 502. The number of halogens is 2. The largest absolute Gasteiger partial charge is 0.389 e. The molecule has 0 aliphatic rings. The van der Waals surface area contributed by atoms with Gasteiger partial charge in [-0.15, -0.1) is 0 Å². The molecular weight excluding hydrogens is 240 g/mol. The van der Waals surface area contributed by atoms with Crippen molar-refractivity contribution in [3.8, 4) is 0 Å². The van der Waals surface area contributed by atoms with Crippen molar-refractivity contribution >= 4 is 5.69 Å².